The van der Waals surface area contributed by atoms with Gasteiger partial charge in [0.2, 0.25) is 5.91 Å². The number of carbonyl (C=O) groups excluding carboxylic acids is 1. The Kier molecular flexibility index (Phi) is 7.60. The summed E-state index contributed by atoms with van der Waals surface area (Å²) in [6.07, 6.45) is 4.24. The second kappa shape index (κ2) is 9.31. The quantitative estimate of drug-likeness (QED) is 0.388. The number of hydrogen-bond acceptors (Lipinski definition) is 4. The van der Waals surface area contributed by atoms with E-state index in [1.54, 1.807) is 0 Å². The molecule has 1 fully saturated rings. The van der Waals surface area contributed by atoms with Gasteiger partial charge in [0.05, 0.1) is 17.8 Å². The smallest absolute Gasteiger partial charge is 0.494 e. The van der Waals surface area contributed by atoms with Crippen molar-refractivity contribution in [3.05, 3.63) is 18.2 Å². The van der Waals surface area contributed by atoms with Crippen LogP contribution in [0.3, 0.4) is 0 Å². The number of benzene rings is 1. The molecule has 2 rings (SSSR count). The summed E-state index contributed by atoms with van der Waals surface area (Å²) in [7, 11) is -0.566. The van der Waals surface area contributed by atoms with Crippen LogP contribution in [0.1, 0.15) is 60.3 Å². The van der Waals surface area contributed by atoms with E-state index in [4.69, 9.17) is 25.6 Å². The number of carbonyl (C=O) groups is 1. The Morgan fingerprint density at radius 2 is 1.74 bits per heavy atom. The molecule has 7 heteroatoms. The SMILES string of the molecule is CC(=O)Nc1ccc(OCCCCCCCl)cc1B1OC(C)(C)C(C)(C)O1. The number of halogens is 1. The molecule has 0 radical (unpaired) electrons. The minimum atomic E-state index is -0.566. The highest BCUT2D eigenvalue weighted by molar-refractivity contribution is 6.64. The number of anilines is 1. The fourth-order valence-corrected chi connectivity index (χ4v) is 3.03. The van der Waals surface area contributed by atoms with Gasteiger partial charge in [0.25, 0.3) is 0 Å². The van der Waals surface area contributed by atoms with Crippen molar-refractivity contribution in [3.8, 4) is 5.75 Å². The standard InChI is InChI=1S/C20H31BClNO4/c1-15(24)23-18-11-10-16(25-13-9-7-6-8-12-22)14-17(18)21-26-19(2,3)20(4,5)27-21/h10-11,14H,6-9,12-13H2,1-5H3,(H,23,24). The highest BCUT2D eigenvalue weighted by Gasteiger charge is 2.52. The summed E-state index contributed by atoms with van der Waals surface area (Å²) < 4.78 is 18.2. The molecule has 0 atom stereocenters. The summed E-state index contributed by atoms with van der Waals surface area (Å²) in [5.74, 6) is 1.31. The fourth-order valence-electron chi connectivity index (χ4n) is 2.84. The predicted octanol–water partition coefficient (Wildman–Crippen LogP) is 4.12. The molecule has 1 heterocycles. The molecule has 5 nitrogen and oxygen atoms in total. The summed E-state index contributed by atoms with van der Waals surface area (Å²) in [5.41, 5.74) is 0.536. The molecule has 0 aliphatic carbocycles. The van der Waals surface area contributed by atoms with E-state index in [9.17, 15) is 4.79 Å². The van der Waals surface area contributed by atoms with E-state index < -0.39 is 18.3 Å². The first-order valence-electron chi connectivity index (χ1n) is 9.62. The minimum absolute atomic E-state index is 0.138. The molecule has 1 aliphatic rings. The number of amides is 1. The number of ether oxygens (including phenoxy) is 1. The predicted molar refractivity (Wildman–Crippen MR) is 111 cm³/mol. The van der Waals surface area contributed by atoms with Gasteiger partial charge >= 0.3 is 7.12 Å². The zero-order valence-electron chi connectivity index (χ0n) is 17.1. The van der Waals surface area contributed by atoms with E-state index in [2.05, 4.69) is 5.32 Å². The molecular formula is C20H31BClNO4. The maximum Gasteiger partial charge on any atom is 0.497 e. The monoisotopic (exact) mass is 395 g/mol. The first kappa shape index (κ1) is 22.1. The first-order chi connectivity index (χ1) is 12.7. The Labute approximate surface area is 168 Å². The van der Waals surface area contributed by atoms with Gasteiger partial charge in [0.1, 0.15) is 5.75 Å². The fraction of sp³-hybridized carbons (Fsp3) is 0.650. The summed E-state index contributed by atoms with van der Waals surface area (Å²) in [5, 5.41) is 2.86. The topological polar surface area (TPSA) is 56.8 Å². The van der Waals surface area contributed by atoms with Crippen LogP contribution in [0.2, 0.25) is 0 Å². The summed E-state index contributed by atoms with van der Waals surface area (Å²) >= 11 is 5.70. The zero-order valence-corrected chi connectivity index (χ0v) is 17.8. The van der Waals surface area contributed by atoms with Crippen LogP contribution in [-0.2, 0) is 14.1 Å². The molecule has 0 saturated carbocycles. The third-order valence-electron chi connectivity index (χ3n) is 5.14. The van der Waals surface area contributed by atoms with Crippen molar-refractivity contribution < 1.29 is 18.8 Å². The average Bonchev–Trinajstić information content (AvgIpc) is 2.79. The van der Waals surface area contributed by atoms with Gasteiger partial charge in [0, 0.05) is 24.0 Å². The molecule has 150 valence electrons. The van der Waals surface area contributed by atoms with Gasteiger partial charge in [-0.15, -0.1) is 11.6 Å². The van der Waals surface area contributed by atoms with Gasteiger partial charge in [0.15, 0.2) is 0 Å². The molecule has 1 amide bonds. The number of nitrogens with one attached hydrogen (secondary N) is 1. The Balaban J connectivity index is 2.12. The van der Waals surface area contributed by atoms with Crippen LogP contribution < -0.4 is 15.5 Å². The molecule has 27 heavy (non-hydrogen) atoms. The normalized spacial score (nSPS) is 17.8. The van der Waals surface area contributed by atoms with Crippen LogP contribution in [0, 0.1) is 0 Å². The molecule has 1 aromatic carbocycles. The molecular weight excluding hydrogens is 364 g/mol. The first-order valence-corrected chi connectivity index (χ1v) is 10.2. The van der Waals surface area contributed by atoms with Crippen LogP contribution in [0.25, 0.3) is 0 Å². The van der Waals surface area contributed by atoms with E-state index >= 15 is 0 Å². The molecule has 1 aromatic rings. The number of rotatable bonds is 9. The lowest BCUT2D eigenvalue weighted by atomic mass is 9.77. The van der Waals surface area contributed by atoms with Crippen LogP contribution in [0.5, 0.6) is 5.75 Å². The van der Waals surface area contributed by atoms with Gasteiger partial charge in [-0.1, -0.05) is 12.8 Å². The van der Waals surface area contributed by atoms with Crippen molar-refractivity contribution in [2.45, 2.75) is 71.5 Å². The number of hydrogen-bond donors (Lipinski definition) is 1. The molecule has 1 saturated heterocycles. The summed E-state index contributed by atoms with van der Waals surface area (Å²) in [6, 6.07) is 5.59. The highest BCUT2D eigenvalue weighted by atomic mass is 35.5. The van der Waals surface area contributed by atoms with Crippen LogP contribution in [-0.4, -0.2) is 36.7 Å². The lowest BCUT2D eigenvalue weighted by Gasteiger charge is -2.32. The van der Waals surface area contributed by atoms with Crippen molar-refractivity contribution >= 4 is 35.8 Å². The van der Waals surface area contributed by atoms with Gasteiger partial charge in [-0.25, -0.2) is 0 Å². The Bertz CT molecular complexity index is 635. The summed E-state index contributed by atoms with van der Waals surface area (Å²) in [4.78, 5) is 11.6. The van der Waals surface area contributed by atoms with Crippen LogP contribution >= 0.6 is 11.6 Å². The number of alkyl halides is 1. The Morgan fingerprint density at radius 1 is 1.11 bits per heavy atom. The maximum absolute atomic E-state index is 11.6. The molecule has 0 unspecified atom stereocenters. The third kappa shape index (κ3) is 5.87. The lowest BCUT2D eigenvalue weighted by Crippen LogP contribution is -2.41. The third-order valence-corrected chi connectivity index (χ3v) is 5.40. The van der Waals surface area contributed by atoms with Crippen molar-refractivity contribution in [3.63, 3.8) is 0 Å². The highest BCUT2D eigenvalue weighted by Crippen LogP contribution is 2.37. The molecule has 1 aliphatic heterocycles. The maximum atomic E-state index is 11.6. The average molecular weight is 396 g/mol. The van der Waals surface area contributed by atoms with Gasteiger partial charge in [-0.3, -0.25) is 4.79 Å². The largest absolute Gasteiger partial charge is 0.497 e. The van der Waals surface area contributed by atoms with Crippen LogP contribution in [0.15, 0.2) is 18.2 Å². The van der Waals surface area contributed by atoms with Crippen molar-refractivity contribution in [1.29, 1.82) is 0 Å². The van der Waals surface area contributed by atoms with Crippen LogP contribution in [0.4, 0.5) is 5.69 Å². The van der Waals surface area contributed by atoms with Gasteiger partial charge in [-0.05, 0) is 58.7 Å². The second-order valence-corrected chi connectivity index (χ2v) is 8.35. The van der Waals surface area contributed by atoms with Crippen molar-refractivity contribution in [1.82, 2.24) is 0 Å². The zero-order chi connectivity index (χ0) is 20.1. The Hall–Kier alpha value is -1.24. The van der Waals surface area contributed by atoms with E-state index in [0.717, 1.165) is 36.9 Å². The van der Waals surface area contributed by atoms with E-state index in [0.29, 0.717) is 18.2 Å². The van der Waals surface area contributed by atoms with E-state index in [1.165, 1.54) is 6.92 Å². The Morgan fingerprint density at radius 3 is 2.33 bits per heavy atom. The minimum Gasteiger partial charge on any atom is -0.494 e. The molecule has 0 bridgehead atoms. The van der Waals surface area contributed by atoms with Crippen molar-refractivity contribution in [2.24, 2.45) is 0 Å². The lowest BCUT2D eigenvalue weighted by molar-refractivity contribution is -0.114. The van der Waals surface area contributed by atoms with Gasteiger partial charge in [-0.2, -0.15) is 0 Å². The summed E-state index contributed by atoms with van der Waals surface area (Å²) in [6.45, 7) is 10.2. The van der Waals surface area contributed by atoms with E-state index in [-0.39, 0.29) is 5.91 Å². The molecule has 0 spiro atoms. The molecule has 0 aromatic heterocycles. The van der Waals surface area contributed by atoms with Gasteiger partial charge < -0.3 is 19.4 Å². The molecule has 1 N–H and O–H groups in total. The van der Waals surface area contributed by atoms with E-state index in [1.807, 2.05) is 45.9 Å². The van der Waals surface area contributed by atoms with Crippen molar-refractivity contribution in [2.75, 3.05) is 17.8 Å². The number of unbranched alkanes of at least 4 members (excludes halogenated alkanes) is 3. The second-order valence-electron chi connectivity index (χ2n) is 7.97.